The maximum absolute atomic E-state index is 5.95. The van der Waals surface area contributed by atoms with E-state index in [2.05, 4.69) is 10.2 Å². The molecule has 2 nitrogen and oxygen atoms in total. The normalized spacial score (nSPS) is 45.2. The summed E-state index contributed by atoms with van der Waals surface area (Å²) in [6.45, 7) is 0. The van der Waals surface area contributed by atoms with E-state index < -0.39 is 0 Å². The molecule has 86 valence electrons. The van der Waals surface area contributed by atoms with Crippen molar-refractivity contribution in [2.24, 2.45) is 17.8 Å². The largest absolute Gasteiger partial charge is 0.207 e. The van der Waals surface area contributed by atoms with E-state index >= 15 is 0 Å². The highest BCUT2D eigenvalue weighted by molar-refractivity contribution is 7.15. The predicted molar refractivity (Wildman–Crippen MR) is 64.8 cm³/mol. The smallest absolute Gasteiger partial charge is 0.142 e. The zero-order chi connectivity index (χ0) is 10.8. The molecule has 1 aromatic heterocycles. The fourth-order valence-electron chi connectivity index (χ4n) is 4.79. The lowest BCUT2D eigenvalue weighted by atomic mass is 9.50. The summed E-state index contributed by atoms with van der Waals surface area (Å²) >= 11 is 7.56. The third-order valence-electron chi connectivity index (χ3n) is 4.89. The summed E-state index contributed by atoms with van der Waals surface area (Å²) in [4.78, 5) is 0. The van der Waals surface area contributed by atoms with Crippen LogP contribution >= 0.6 is 22.9 Å². The number of aromatic nitrogens is 2. The predicted octanol–water partition coefficient (Wildman–Crippen LogP) is 3.66. The van der Waals surface area contributed by atoms with Gasteiger partial charge in [0, 0.05) is 5.41 Å². The van der Waals surface area contributed by atoms with Crippen LogP contribution in [-0.2, 0) is 5.41 Å². The monoisotopic (exact) mass is 254 g/mol. The van der Waals surface area contributed by atoms with Gasteiger partial charge in [-0.2, -0.15) is 0 Å². The van der Waals surface area contributed by atoms with E-state index in [1.807, 2.05) is 0 Å². The molecule has 16 heavy (non-hydrogen) atoms. The summed E-state index contributed by atoms with van der Waals surface area (Å²) in [7, 11) is 0. The number of halogens is 1. The molecule has 0 amide bonds. The Balaban J connectivity index is 1.76. The van der Waals surface area contributed by atoms with Crippen LogP contribution < -0.4 is 0 Å². The molecule has 0 aromatic carbocycles. The molecule has 0 spiro atoms. The van der Waals surface area contributed by atoms with Crippen molar-refractivity contribution in [3.05, 3.63) is 9.47 Å². The Hall–Kier alpha value is -0.150. The van der Waals surface area contributed by atoms with Crippen molar-refractivity contribution >= 4 is 22.9 Å². The van der Waals surface area contributed by atoms with Crippen LogP contribution in [-0.4, -0.2) is 10.2 Å². The van der Waals surface area contributed by atoms with Gasteiger partial charge in [0.2, 0.25) is 4.47 Å². The maximum atomic E-state index is 5.95. The fraction of sp³-hybridized carbons (Fsp3) is 0.833. The van der Waals surface area contributed by atoms with Gasteiger partial charge < -0.3 is 0 Å². The minimum atomic E-state index is 0.375. The van der Waals surface area contributed by atoms with Gasteiger partial charge >= 0.3 is 0 Å². The SMILES string of the molecule is Clc1nnc(C23CC4CC(CC(C4)C2)C3)s1. The first-order valence-electron chi connectivity index (χ1n) is 6.23. The minimum absolute atomic E-state index is 0.375. The van der Waals surface area contributed by atoms with Crippen LogP contribution in [0.15, 0.2) is 0 Å². The van der Waals surface area contributed by atoms with Gasteiger partial charge in [0.05, 0.1) is 0 Å². The topological polar surface area (TPSA) is 25.8 Å². The molecule has 1 heterocycles. The lowest BCUT2D eigenvalue weighted by molar-refractivity contribution is -0.00555. The van der Waals surface area contributed by atoms with E-state index in [1.54, 1.807) is 11.3 Å². The fourth-order valence-corrected chi connectivity index (χ4v) is 5.84. The molecule has 4 saturated carbocycles. The average Bonchev–Trinajstić information content (AvgIpc) is 2.63. The van der Waals surface area contributed by atoms with E-state index in [9.17, 15) is 0 Å². The zero-order valence-electron chi connectivity index (χ0n) is 9.16. The first-order chi connectivity index (χ1) is 7.73. The Morgan fingerprint density at radius 1 is 1.00 bits per heavy atom. The third kappa shape index (κ3) is 1.31. The van der Waals surface area contributed by atoms with Crippen LogP contribution in [0.5, 0.6) is 0 Å². The van der Waals surface area contributed by atoms with Gasteiger partial charge in [-0.3, -0.25) is 0 Å². The summed E-state index contributed by atoms with van der Waals surface area (Å²) in [5.74, 6) is 2.90. The molecule has 4 aliphatic rings. The first kappa shape index (κ1) is 9.84. The zero-order valence-corrected chi connectivity index (χ0v) is 10.7. The Morgan fingerprint density at radius 2 is 1.56 bits per heavy atom. The highest BCUT2D eigenvalue weighted by Crippen LogP contribution is 2.61. The number of hydrogen-bond acceptors (Lipinski definition) is 3. The van der Waals surface area contributed by atoms with Crippen LogP contribution in [0.4, 0.5) is 0 Å². The van der Waals surface area contributed by atoms with Crippen molar-refractivity contribution in [2.75, 3.05) is 0 Å². The summed E-state index contributed by atoms with van der Waals surface area (Å²) < 4.78 is 0.616. The molecule has 0 aliphatic heterocycles. The van der Waals surface area contributed by atoms with E-state index in [1.165, 1.54) is 43.5 Å². The van der Waals surface area contributed by atoms with E-state index in [4.69, 9.17) is 11.6 Å². The second kappa shape index (κ2) is 3.20. The molecular formula is C12H15ClN2S. The van der Waals surface area contributed by atoms with Crippen molar-refractivity contribution in [1.82, 2.24) is 10.2 Å². The van der Waals surface area contributed by atoms with Gasteiger partial charge in [-0.25, -0.2) is 0 Å². The van der Waals surface area contributed by atoms with Crippen LogP contribution in [0.3, 0.4) is 0 Å². The Kier molecular flexibility index (Phi) is 1.97. The Bertz CT molecular complexity index is 393. The molecule has 4 fully saturated rings. The number of rotatable bonds is 1. The molecule has 0 saturated heterocycles. The van der Waals surface area contributed by atoms with Crippen LogP contribution in [0.25, 0.3) is 0 Å². The molecule has 4 bridgehead atoms. The molecule has 4 heteroatoms. The van der Waals surface area contributed by atoms with Crippen molar-refractivity contribution in [3.8, 4) is 0 Å². The first-order valence-corrected chi connectivity index (χ1v) is 7.42. The van der Waals surface area contributed by atoms with Crippen molar-refractivity contribution in [3.63, 3.8) is 0 Å². The average molecular weight is 255 g/mol. The molecule has 0 atom stereocenters. The quantitative estimate of drug-likeness (QED) is 0.764. The molecular weight excluding hydrogens is 240 g/mol. The van der Waals surface area contributed by atoms with Gasteiger partial charge in [-0.1, -0.05) is 11.3 Å². The minimum Gasteiger partial charge on any atom is -0.142 e. The summed E-state index contributed by atoms with van der Waals surface area (Å²) in [5.41, 5.74) is 0.375. The lowest BCUT2D eigenvalue weighted by Gasteiger charge is -2.55. The van der Waals surface area contributed by atoms with Gasteiger partial charge in [-0.05, 0) is 67.9 Å². The van der Waals surface area contributed by atoms with Gasteiger partial charge in [0.25, 0.3) is 0 Å². The van der Waals surface area contributed by atoms with Crippen molar-refractivity contribution in [1.29, 1.82) is 0 Å². The van der Waals surface area contributed by atoms with Gasteiger partial charge in [-0.15, -0.1) is 10.2 Å². The summed E-state index contributed by atoms with van der Waals surface area (Å²) in [6, 6.07) is 0. The highest BCUT2D eigenvalue weighted by atomic mass is 35.5. The van der Waals surface area contributed by atoms with Crippen LogP contribution in [0.1, 0.15) is 43.5 Å². The number of hydrogen-bond donors (Lipinski definition) is 0. The molecule has 0 N–H and O–H groups in total. The Morgan fingerprint density at radius 3 is 2.00 bits per heavy atom. The Labute approximate surface area is 104 Å². The van der Waals surface area contributed by atoms with Crippen molar-refractivity contribution in [2.45, 2.75) is 43.9 Å². The van der Waals surface area contributed by atoms with Gasteiger partial charge in [0.1, 0.15) is 5.01 Å². The van der Waals surface area contributed by atoms with Crippen LogP contribution in [0, 0.1) is 17.8 Å². The number of nitrogens with zero attached hydrogens (tertiary/aromatic N) is 2. The maximum Gasteiger partial charge on any atom is 0.207 e. The highest BCUT2D eigenvalue weighted by Gasteiger charge is 2.53. The van der Waals surface area contributed by atoms with E-state index in [0.717, 1.165) is 17.8 Å². The second-order valence-corrected chi connectivity index (χ2v) is 7.62. The van der Waals surface area contributed by atoms with Gasteiger partial charge in [0.15, 0.2) is 0 Å². The molecule has 0 radical (unpaired) electrons. The molecule has 0 unspecified atom stereocenters. The summed E-state index contributed by atoms with van der Waals surface area (Å²) in [6.07, 6.45) is 8.49. The lowest BCUT2D eigenvalue weighted by Crippen LogP contribution is -2.48. The third-order valence-corrected chi connectivity index (χ3v) is 6.16. The second-order valence-electron chi connectivity index (χ2n) is 6.06. The summed E-state index contributed by atoms with van der Waals surface area (Å²) in [5, 5.41) is 9.58. The van der Waals surface area contributed by atoms with Crippen molar-refractivity contribution < 1.29 is 0 Å². The molecule has 1 aromatic rings. The standard InChI is InChI=1S/C12H15ClN2S/c13-11-15-14-10(16-11)12-4-7-1-8(5-12)3-9(2-7)6-12/h7-9H,1-6H2. The van der Waals surface area contributed by atoms with E-state index in [-0.39, 0.29) is 0 Å². The molecule has 4 aliphatic carbocycles. The molecule has 5 rings (SSSR count). The van der Waals surface area contributed by atoms with E-state index in [0.29, 0.717) is 9.88 Å². The van der Waals surface area contributed by atoms with Crippen LogP contribution in [0.2, 0.25) is 4.47 Å².